The summed E-state index contributed by atoms with van der Waals surface area (Å²) in [4.78, 5) is 44.7. The summed E-state index contributed by atoms with van der Waals surface area (Å²) >= 11 is 3.33. The molecule has 3 rings (SSSR count). The number of fused-ring (bicyclic) bond motifs is 1. The molecule has 208 valence electrons. The lowest BCUT2D eigenvalue weighted by atomic mass is 9.94. The summed E-state index contributed by atoms with van der Waals surface area (Å²) in [5.74, 6) is -5.25. The van der Waals surface area contributed by atoms with Crippen LogP contribution in [0, 0.1) is 5.41 Å². The number of nitrogens with zero attached hydrogens (tertiary/aromatic N) is 2. The molecule has 1 saturated heterocycles. The third-order valence-electron chi connectivity index (χ3n) is 6.60. The summed E-state index contributed by atoms with van der Waals surface area (Å²) in [7, 11) is 0. The number of amides is 2. The highest BCUT2D eigenvalue weighted by molar-refractivity contribution is 9.10. The van der Waals surface area contributed by atoms with Crippen molar-refractivity contribution in [3.63, 3.8) is 0 Å². The molecule has 1 saturated carbocycles. The minimum atomic E-state index is -3.59. The maximum atomic E-state index is 14.0. The molecule has 1 aliphatic heterocycles. The van der Waals surface area contributed by atoms with E-state index in [1.807, 2.05) is 0 Å². The minimum Gasteiger partial charge on any atom is -0.444 e. The Morgan fingerprint density at radius 1 is 1.24 bits per heavy atom. The third kappa shape index (κ3) is 7.05. The number of Topliss-reactive ketones (excluding diaryl/α,β-unsaturated/α-hetero) is 1. The quantitative estimate of drug-likeness (QED) is 0.212. The van der Waals surface area contributed by atoms with Crippen molar-refractivity contribution in [2.45, 2.75) is 76.7 Å². The first kappa shape index (κ1) is 29.9. The summed E-state index contributed by atoms with van der Waals surface area (Å²) in [6.07, 6.45) is 1.80. The normalized spacial score (nSPS) is 22.4. The lowest BCUT2D eigenvalue weighted by Gasteiger charge is -2.30. The molecule has 0 spiro atoms. The molecule has 8 nitrogen and oxygen atoms in total. The summed E-state index contributed by atoms with van der Waals surface area (Å²) in [5.41, 5.74) is -0.253. The number of alkyl halides is 2. The molecule has 2 aliphatic rings. The number of ether oxygens (including phenoxy) is 2. The van der Waals surface area contributed by atoms with E-state index in [1.165, 1.54) is 4.90 Å². The molecular formula is C27H34BrF2N3O5. The largest absolute Gasteiger partial charge is 0.444 e. The molecule has 1 N–H and O–H groups in total. The highest BCUT2D eigenvalue weighted by Crippen LogP contribution is 2.59. The van der Waals surface area contributed by atoms with E-state index in [1.54, 1.807) is 39.0 Å². The summed E-state index contributed by atoms with van der Waals surface area (Å²) in [6.45, 7) is 12.5. The number of nitrogens with one attached hydrogen (secondary N) is 1. The fourth-order valence-corrected chi connectivity index (χ4v) is 5.07. The zero-order valence-electron chi connectivity index (χ0n) is 21.9. The molecule has 0 bridgehead atoms. The Labute approximate surface area is 230 Å². The number of rotatable bonds is 12. The molecule has 2 amide bonds. The van der Waals surface area contributed by atoms with Gasteiger partial charge in [-0.05, 0) is 61.2 Å². The van der Waals surface area contributed by atoms with Crippen LogP contribution in [0.4, 0.5) is 13.6 Å². The molecule has 0 unspecified atom stereocenters. The lowest BCUT2D eigenvalue weighted by Crippen LogP contribution is -2.46. The Bertz CT molecular complexity index is 1110. The first-order valence-corrected chi connectivity index (χ1v) is 13.2. The minimum absolute atomic E-state index is 0.0667. The number of ketones is 1. The van der Waals surface area contributed by atoms with Gasteiger partial charge in [-0.3, -0.25) is 14.5 Å². The van der Waals surface area contributed by atoms with E-state index in [0.29, 0.717) is 23.3 Å². The van der Waals surface area contributed by atoms with E-state index in [-0.39, 0.29) is 31.8 Å². The van der Waals surface area contributed by atoms with Gasteiger partial charge in [-0.25, -0.2) is 9.78 Å². The van der Waals surface area contributed by atoms with E-state index in [4.69, 9.17) is 9.47 Å². The molecule has 0 aromatic carbocycles. The molecule has 1 aliphatic carbocycles. The number of carbonyl (C=O) groups excluding carboxylic acids is 3. The average Bonchev–Trinajstić information content (AvgIpc) is 3.41. The van der Waals surface area contributed by atoms with Crippen molar-refractivity contribution in [3.8, 4) is 0 Å². The van der Waals surface area contributed by atoms with Gasteiger partial charge in [0.1, 0.15) is 10.2 Å². The van der Waals surface area contributed by atoms with E-state index < -0.39 is 47.4 Å². The predicted octanol–water partition coefficient (Wildman–Crippen LogP) is 4.75. The van der Waals surface area contributed by atoms with Crippen LogP contribution >= 0.6 is 15.9 Å². The van der Waals surface area contributed by atoms with Crippen molar-refractivity contribution in [2.75, 3.05) is 13.2 Å². The van der Waals surface area contributed by atoms with Crippen molar-refractivity contribution in [2.24, 2.45) is 5.41 Å². The van der Waals surface area contributed by atoms with Crippen LogP contribution in [0.3, 0.4) is 0 Å². The zero-order valence-corrected chi connectivity index (χ0v) is 23.5. The van der Waals surface area contributed by atoms with Gasteiger partial charge in [-0.15, -0.1) is 13.2 Å². The van der Waals surface area contributed by atoms with Gasteiger partial charge in [-0.2, -0.15) is 8.78 Å². The second-order valence-electron chi connectivity index (χ2n) is 10.8. The number of hydrogen-bond acceptors (Lipinski definition) is 6. The molecule has 2 fully saturated rings. The molecule has 0 radical (unpaired) electrons. The van der Waals surface area contributed by atoms with Gasteiger partial charge < -0.3 is 14.8 Å². The number of carbonyl (C=O) groups is 3. The van der Waals surface area contributed by atoms with Gasteiger partial charge in [0.25, 0.3) is 5.91 Å². The third-order valence-corrected chi connectivity index (χ3v) is 7.04. The number of halogens is 3. The van der Waals surface area contributed by atoms with Gasteiger partial charge in [-0.1, -0.05) is 18.2 Å². The fourth-order valence-electron chi connectivity index (χ4n) is 4.72. The maximum absolute atomic E-state index is 14.0. The maximum Gasteiger partial charge on any atom is 0.411 e. The van der Waals surface area contributed by atoms with E-state index in [0.717, 1.165) is 11.6 Å². The second-order valence-corrected chi connectivity index (χ2v) is 11.6. The van der Waals surface area contributed by atoms with Crippen LogP contribution in [-0.2, 0) is 32.1 Å². The van der Waals surface area contributed by atoms with Gasteiger partial charge >= 0.3 is 12.0 Å². The van der Waals surface area contributed by atoms with E-state index in [9.17, 15) is 23.2 Å². The smallest absolute Gasteiger partial charge is 0.411 e. The van der Waals surface area contributed by atoms with Crippen LogP contribution in [0.1, 0.15) is 51.3 Å². The number of aromatic nitrogens is 1. The van der Waals surface area contributed by atoms with Crippen LogP contribution in [-0.4, -0.2) is 64.4 Å². The summed E-state index contributed by atoms with van der Waals surface area (Å²) in [6, 6.07) is 2.29. The predicted molar refractivity (Wildman–Crippen MR) is 141 cm³/mol. The van der Waals surface area contributed by atoms with Crippen LogP contribution in [0.25, 0.3) is 0 Å². The Morgan fingerprint density at radius 3 is 2.58 bits per heavy atom. The molecule has 3 atom stereocenters. The standard InChI is InChI=1S/C27H34BrF2N3O5/c1-6-10-27(29,30)23(35)31-16-26-13-19(33(21(26)14-26)24(36)38-25(3,4)5)20(34)12-18-17(15-37-11-7-2)8-9-22(28)32-18/h6-9,19,21H,1-2,10-16H2,3-5H3,(H,31,35)/t19-,21+,26-/m0/s1. The van der Waals surface area contributed by atoms with Gasteiger partial charge in [0, 0.05) is 24.4 Å². The molecule has 2 heterocycles. The molecule has 38 heavy (non-hydrogen) atoms. The number of likely N-dealkylation sites (tertiary alicyclic amines) is 1. The van der Waals surface area contributed by atoms with Crippen molar-refractivity contribution >= 4 is 33.7 Å². The Balaban J connectivity index is 1.81. The first-order valence-electron chi connectivity index (χ1n) is 12.4. The molecule has 1 aromatic heterocycles. The first-order chi connectivity index (χ1) is 17.7. The van der Waals surface area contributed by atoms with Crippen LogP contribution in [0.15, 0.2) is 42.0 Å². The van der Waals surface area contributed by atoms with Crippen LogP contribution in [0.5, 0.6) is 0 Å². The Hall–Kier alpha value is -2.66. The average molecular weight is 598 g/mol. The van der Waals surface area contributed by atoms with Gasteiger partial charge in [0.2, 0.25) is 0 Å². The number of allylic oxidation sites excluding steroid dienone is 1. The monoisotopic (exact) mass is 597 g/mol. The van der Waals surface area contributed by atoms with E-state index in [2.05, 4.69) is 39.4 Å². The fraction of sp³-hybridized carbons (Fsp3) is 0.556. The van der Waals surface area contributed by atoms with Crippen LogP contribution in [0.2, 0.25) is 0 Å². The number of hydrogen-bond donors (Lipinski definition) is 1. The van der Waals surface area contributed by atoms with Gasteiger partial charge in [0.15, 0.2) is 5.78 Å². The summed E-state index contributed by atoms with van der Waals surface area (Å²) in [5, 5.41) is 2.32. The Morgan fingerprint density at radius 2 is 1.95 bits per heavy atom. The molecular weight excluding hydrogens is 564 g/mol. The second kappa shape index (κ2) is 11.6. The topological polar surface area (TPSA) is 97.8 Å². The number of pyridine rings is 1. The lowest BCUT2D eigenvalue weighted by molar-refractivity contribution is -0.145. The summed E-state index contributed by atoms with van der Waals surface area (Å²) < 4.78 is 39.7. The Kier molecular flexibility index (Phi) is 9.13. The SMILES string of the molecule is C=CCOCc1ccc(Br)nc1CC(=O)[C@@H]1C[C@@]2(CNC(=O)C(F)(F)CC=C)C[C@H]2N1C(=O)OC(C)(C)C. The van der Waals surface area contributed by atoms with Crippen LogP contribution < -0.4 is 5.32 Å². The van der Waals surface area contributed by atoms with E-state index >= 15 is 0 Å². The highest BCUT2D eigenvalue weighted by Gasteiger charge is 2.67. The van der Waals surface area contributed by atoms with Crippen molar-refractivity contribution in [1.82, 2.24) is 15.2 Å². The highest BCUT2D eigenvalue weighted by atomic mass is 79.9. The molecule has 1 aromatic rings. The molecule has 11 heteroatoms. The van der Waals surface area contributed by atoms with Crippen molar-refractivity contribution in [3.05, 3.63) is 53.3 Å². The van der Waals surface area contributed by atoms with Crippen molar-refractivity contribution in [1.29, 1.82) is 0 Å². The number of piperidine rings is 1. The van der Waals surface area contributed by atoms with Crippen molar-refractivity contribution < 1.29 is 32.6 Å². The zero-order chi connectivity index (χ0) is 28.3. The van der Waals surface area contributed by atoms with Gasteiger partial charge in [0.05, 0.1) is 31.4 Å².